The lowest BCUT2D eigenvalue weighted by Gasteiger charge is -2.13. The summed E-state index contributed by atoms with van der Waals surface area (Å²) in [5.74, 6) is -2.94. The Morgan fingerprint density at radius 2 is 1.83 bits per heavy atom. The molecular formula is C15H18N2O7. The first-order chi connectivity index (χ1) is 11.4. The minimum absolute atomic E-state index is 0.0361. The second-order valence-electron chi connectivity index (χ2n) is 4.65. The lowest BCUT2D eigenvalue weighted by molar-refractivity contribution is -0.148. The van der Waals surface area contributed by atoms with Crippen LogP contribution in [0.3, 0.4) is 0 Å². The zero-order valence-electron chi connectivity index (χ0n) is 13.0. The number of hydrogen-bond donors (Lipinski definition) is 3. The third-order valence-electron chi connectivity index (χ3n) is 2.84. The van der Waals surface area contributed by atoms with E-state index >= 15 is 0 Å². The smallest absolute Gasteiger partial charge is 0.407 e. The Morgan fingerprint density at radius 3 is 2.42 bits per heavy atom. The molecule has 9 nitrogen and oxygen atoms in total. The summed E-state index contributed by atoms with van der Waals surface area (Å²) in [4.78, 5) is 45.1. The maximum absolute atomic E-state index is 11.6. The maximum atomic E-state index is 11.6. The first-order valence-corrected chi connectivity index (χ1v) is 6.96. The van der Waals surface area contributed by atoms with Crippen LogP contribution >= 0.6 is 0 Å². The van der Waals surface area contributed by atoms with Gasteiger partial charge in [-0.15, -0.1) is 0 Å². The molecule has 2 amide bonds. The SMILES string of the molecule is COC(=O)CC(NC(=O)CNC(=O)OCc1ccccc1)C(=O)O. The molecule has 0 bridgehead atoms. The summed E-state index contributed by atoms with van der Waals surface area (Å²) in [7, 11) is 1.10. The maximum Gasteiger partial charge on any atom is 0.407 e. The van der Waals surface area contributed by atoms with Gasteiger partial charge in [-0.1, -0.05) is 30.3 Å². The van der Waals surface area contributed by atoms with E-state index in [0.29, 0.717) is 0 Å². The highest BCUT2D eigenvalue weighted by Gasteiger charge is 2.23. The topological polar surface area (TPSA) is 131 Å². The molecule has 1 rings (SSSR count). The molecule has 0 aliphatic rings. The van der Waals surface area contributed by atoms with Crippen molar-refractivity contribution in [3.63, 3.8) is 0 Å². The summed E-state index contributed by atoms with van der Waals surface area (Å²) in [5, 5.41) is 13.2. The molecule has 1 aromatic rings. The van der Waals surface area contributed by atoms with Gasteiger partial charge in [-0.2, -0.15) is 0 Å². The van der Waals surface area contributed by atoms with Gasteiger partial charge in [0, 0.05) is 0 Å². The van der Waals surface area contributed by atoms with Crippen molar-refractivity contribution in [1.82, 2.24) is 10.6 Å². The van der Waals surface area contributed by atoms with Gasteiger partial charge >= 0.3 is 18.0 Å². The quantitative estimate of drug-likeness (QED) is 0.571. The van der Waals surface area contributed by atoms with Gasteiger partial charge in [0.1, 0.15) is 19.2 Å². The highest BCUT2D eigenvalue weighted by Crippen LogP contribution is 2.00. The van der Waals surface area contributed by atoms with Gasteiger partial charge in [0.2, 0.25) is 5.91 Å². The van der Waals surface area contributed by atoms with Gasteiger partial charge in [-0.3, -0.25) is 9.59 Å². The van der Waals surface area contributed by atoms with Gasteiger partial charge in [0.05, 0.1) is 13.5 Å². The van der Waals surface area contributed by atoms with Gasteiger partial charge in [-0.25, -0.2) is 9.59 Å². The van der Waals surface area contributed by atoms with Crippen molar-refractivity contribution in [3.8, 4) is 0 Å². The molecule has 3 N–H and O–H groups in total. The van der Waals surface area contributed by atoms with Crippen molar-refractivity contribution in [1.29, 1.82) is 0 Å². The molecule has 1 unspecified atom stereocenters. The van der Waals surface area contributed by atoms with Gasteiger partial charge in [0.25, 0.3) is 0 Å². The number of methoxy groups -OCH3 is 1. The Hall–Kier alpha value is -3.10. The number of rotatable bonds is 8. The third-order valence-corrected chi connectivity index (χ3v) is 2.84. The van der Waals surface area contributed by atoms with Crippen molar-refractivity contribution >= 4 is 23.9 Å². The molecule has 0 aromatic heterocycles. The van der Waals surface area contributed by atoms with E-state index in [9.17, 15) is 19.2 Å². The normalized spacial score (nSPS) is 11.0. The number of esters is 1. The Balaban J connectivity index is 2.34. The first-order valence-electron chi connectivity index (χ1n) is 6.96. The molecule has 0 saturated heterocycles. The van der Waals surface area contributed by atoms with Crippen LogP contribution in [0.25, 0.3) is 0 Å². The minimum atomic E-state index is -1.44. The van der Waals surface area contributed by atoms with Crippen LogP contribution in [0.4, 0.5) is 4.79 Å². The zero-order chi connectivity index (χ0) is 17.9. The van der Waals surface area contributed by atoms with E-state index in [0.717, 1.165) is 12.7 Å². The van der Waals surface area contributed by atoms with E-state index in [1.54, 1.807) is 24.3 Å². The fourth-order valence-electron chi connectivity index (χ4n) is 1.62. The summed E-state index contributed by atoms with van der Waals surface area (Å²) < 4.78 is 9.23. The number of aliphatic carboxylic acids is 1. The van der Waals surface area contributed by atoms with Gasteiger partial charge in [0.15, 0.2) is 0 Å². The van der Waals surface area contributed by atoms with Crippen LogP contribution in [0, 0.1) is 0 Å². The predicted octanol–water partition coefficient (Wildman–Crippen LogP) is 0.0453. The van der Waals surface area contributed by atoms with Crippen molar-refractivity contribution in [2.45, 2.75) is 19.1 Å². The molecule has 0 aliphatic heterocycles. The Bertz CT molecular complexity index is 589. The third kappa shape index (κ3) is 7.25. The second-order valence-corrected chi connectivity index (χ2v) is 4.65. The number of amides is 2. The number of ether oxygens (including phenoxy) is 2. The van der Waals surface area contributed by atoms with Crippen molar-refractivity contribution in [2.24, 2.45) is 0 Å². The van der Waals surface area contributed by atoms with Crippen LogP contribution in [-0.4, -0.2) is 48.7 Å². The van der Waals surface area contributed by atoms with Crippen LogP contribution in [0.2, 0.25) is 0 Å². The van der Waals surface area contributed by atoms with Gasteiger partial charge < -0.3 is 25.2 Å². The van der Waals surface area contributed by atoms with E-state index in [4.69, 9.17) is 9.84 Å². The molecule has 0 fully saturated rings. The molecular weight excluding hydrogens is 320 g/mol. The summed E-state index contributed by atoms with van der Waals surface area (Å²) in [6.07, 6.45) is -1.34. The number of carboxylic acid groups (broad SMARTS) is 1. The van der Waals surface area contributed by atoms with E-state index in [1.807, 2.05) is 6.07 Å². The van der Waals surface area contributed by atoms with Crippen molar-refractivity contribution < 1.29 is 33.8 Å². The van der Waals surface area contributed by atoms with Crippen LogP contribution < -0.4 is 10.6 Å². The van der Waals surface area contributed by atoms with Crippen LogP contribution in [0.5, 0.6) is 0 Å². The first kappa shape index (κ1) is 18.9. The Morgan fingerprint density at radius 1 is 1.17 bits per heavy atom. The molecule has 1 atom stereocenters. The van der Waals surface area contributed by atoms with E-state index < -0.39 is 42.9 Å². The second kappa shape index (κ2) is 9.82. The summed E-state index contributed by atoms with van der Waals surface area (Å²) in [5.41, 5.74) is 0.779. The fourth-order valence-corrected chi connectivity index (χ4v) is 1.62. The van der Waals surface area contributed by atoms with Crippen LogP contribution in [0.15, 0.2) is 30.3 Å². The molecule has 0 heterocycles. The molecule has 0 aliphatic carbocycles. The highest BCUT2D eigenvalue weighted by molar-refractivity contribution is 5.89. The minimum Gasteiger partial charge on any atom is -0.480 e. The van der Waals surface area contributed by atoms with E-state index in [-0.39, 0.29) is 6.61 Å². The van der Waals surface area contributed by atoms with Gasteiger partial charge in [-0.05, 0) is 5.56 Å². The lowest BCUT2D eigenvalue weighted by Crippen LogP contribution is -2.46. The number of benzene rings is 1. The Labute approximate surface area is 137 Å². The lowest BCUT2D eigenvalue weighted by atomic mass is 10.2. The average Bonchev–Trinajstić information content (AvgIpc) is 2.58. The number of nitrogens with one attached hydrogen (secondary N) is 2. The average molecular weight is 338 g/mol. The van der Waals surface area contributed by atoms with Crippen LogP contribution in [-0.2, 0) is 30.5 Å². The molecule has 9 heteroatoms. The van der Waals surface area contributed by atoms with E-state index in [2.05, 4.69) is 15.4 Å². The monoisotopic (exact) mass is 338 g/mol. The standard InChI is InChI=1S/C15H18N2O7/c1-23-13(19)7-11(14(20)21)17-12(18)8-16-15(22)24-9-10-5-3-2-4-6-10/h2-6,11H,7-9H2,1H3,(H,16,22)(H,17,18)(H,20,21). The molecule has 0 saturated carbocycles. The molecule has 24 heavy (non-hydrogen) atoms. The number of carboxylic acids is 1. The molecule has 0 radical (unpaired) electrons. The largest absolute Gasteiger partial charge is 0.480 e. The Kier molecular flexibility index (Phi) is 7.76. The number of carbonyl (C=O) groups excluding carboxylic acids is 3. The molecule has 1 aromatic carbocycles. The van der Waals surface area contributed by atoms with E-state index in [1.165, 1.54) is 0 Å². The van der Waals surface area contributed by atoms with Crippen LogP contribution in [0.1, 0.15) is 12.0 Å². The number of hydrogen-bond acceptors (Lipinski definition) is 6. The zero-order valence-corrected chi connectivity index (χ0v) is 13.0. The highest BCUT2D eigenvalue weighted by atomic mass is 16.5. The number of carbonyl (C=O) groups is 4. The van der Waals surface area contributed by atoms with Crippen molar-refractivity contribution in [3.05, 3.63) is 35.9 Å². The predicted molar refractivity (Wildman–Crippen MR) is 80.8 cm³/mol. The fraction of sp³-hybridized carbons (Fsp3) is 0.333. The summed E-state index contributed by atoms with van der Waals surface area (Å²) in [6.45, 7) is -0.451. The molecule has 130 valence electrons. The van der Waals surface area contributed by atoms with Crippen molar-refractivity contribution in [2.75, 3.05) is 13.7 Å². The summed E-state index contributed by atoms with van der Waals surface area (Å²) in [6, 6.07) is 7.50. The number of alkyl carbamates (subject to hydrolysis) is 1. The molecule has 0 spiro atoms. The summed E-state index contributed by atoms with van der Waals surface area (Å²) >= 11 is 0.